The van der Waals surface area contributed by atoms with Crippen molar-refractivity contribution < 1.29 is 4.74 Å². The van der Waals surface area contributed by atoms with E-state index in [0.717, 1.165) is 17.8 Å². The van der Waals surface area contributed by atoms with Gasteiger partial charge in [0, 0.05) is 6.04 Å². The van der Waals surface area contributed by atoms with Gasteiger partial charge < -0.3 is 10.1 Å². The van der Waals surface area contributed by atoms with E-state index >= 15 is 0 Å². The maximum absolute atomic E-state index is 6.17. The van der Waals surface area contributed by atoms with Crippen LogP contribution < -0.4 is 5.32 Å². The SMILES string of the molecule is Cc1nn(C(C)C)c(C)c1NC1CC(C)(C)OC1(C)C. The smallest absolute Gasteiger partial charge is 0.0834 e. The van der Waals surface area contributed by atoms with E-state index in [4.69, 9.17) is 4.74 Å². The lowest BCUT2D eigenvalue weighted by Gasteiger charge is -2.28. The number of hydrogen-bond donors (Lipinski definition) is 1. The first-order valence-electron chi connectivity index (χ1n) is 7.56. The third-order valence-corrected chi connectivity index (χ3v) is 4.21. The van der Waals surface area contributed by atoms with Crippen LogP contribution in [0.2, 0.25) is 0 Å². The molecule has 1 fully saturated rings. The van der Waals surface area contributed by atoms with Crippen LogP contribution in [0, 0.1) is 13.8 Å². The number of anilines is 1. The molecule has 1 aliphatic heterocycles. The van der Waals surface area contributed by atoms with Gasteiger partial charge in [0.15, 0.2) is 0 Å². The van der Waals surface area contributed by atoms with Gasteiger partial charge in [-0.05, 0) is 61.8 Å². The molecule has 0 spiro atoms. The molecule has 1 N–H and O–H groups in total. The first kappa shape index (κ1) is 15.4. The maximum Gasteiger partial charge on any atom is 0.0834 e. The second kappa shape index (κ2) is 4.76. The fourth-order valence-electron chi connectivity index (χ4n) is 3.34. The predicted molar refractivity (Wildman–Crippen MR) is 83.4 cm³/mol. The number of nitrogens with one attached hydrogen (secondary N) is 1. The van der Waals surface area contributed by atoms with E-state index in [9.17, 15) is 0 Å². The summed E-state index contributed by atoms with van der Waals surface area (Å²) in [6.07, 6.45) is 1.01. The molecule has 0 bridgehead atoms. The van der Waals surface area contributed by atoms with Gasteiger partial charge in [-0.2, -0.15) is 5.10 Å². The van der Waals surface area contributed by atoms with E-state index < -0.39 is 0 Å². The molecular weight excluding hydrogens is 250 g/mol. The van der Waals surface area contributed by atoms with Crippen molar-refractivity contribution >= 4 is 5.69 Å². The van der Waals surface area contributed by atoms with Crippen molar-refractivity contribution in [2.24, 2.45) is 0 Å². The molecule has 1 aromatic heterocycles. The van der Waals surface area contributed by atoms with E-state index in [-0.39, 0.29) is 11.2 Å². The van der Waals surface area contributed by atoms with E-state index in [0.29, 0.717) is 12.1 Å². The van der Waals surface area contributed by atoms with Gasteiger partial charge in [0.05, 0.1) is 34.3 Å². The summed E-state index contributed by atoms with van der Waals surface area (Å²) in [6.45, 7) is 17.2. The van der Waals surface area contributed by atoms with Gasteiger partial charge in [-0.25, -0.2) is 0 Å². The second-order valence-corrected chi connectivity index (χ2v) is 7.45. The number of aryl methyl sites for hydroxylation is 1. The molecule has 0 aromatic carbocycles. The summed E-state index contributed by atoms with van der Waals surface area (Å²) in [7, 11) is 0. The largest absolute Gasteiger partial charge is 0.376 e. The molecule has 4 nitrogen and oxygen atoms in total. The molecule has 20 heavy (non-hydrogen) atoms. The van der Waals surface area contributed by atoms with E-state index in [1.165, 1.54) is 5.69 Å². The molecule has 2 heterocycles. The van der Waals surface area contributed by atoms with Crippen molar-refractivity contribution in [3.8, 4) is 0 Å². The van der Waals surface area contributed by atoms with Crippen LogP contribution in [0.15, 0.2) is 0 Å². The molecule has 4 heteroatoms. The lowest BCUT2D eigenvalue weighted by molar-refractivity contribution is -0.0662. The van der Waals surface area contributed by atoms with Gasteiger partial charge >= 0.3 is 0 Å². The minimum atomic E-state index is -0.164. The van der Waals surface area contributed by atoms with Gasteiger partial charge in [0.1, 0.15) is 0 Å². The average Bonchev–Trinajstić information content (AvgIpc) is 2.64. The van der Waals surface area contributed by atoms with E-state index in [2.05, 4.69) is 70.5 Å². The quantitative estimate of drug-likeness (QED) is 0.913. The monoisotopic (exact) mass is 279 g/mol. The summed E-state index contributed by atoms with van der Waals surface area (Å²) in [6, 6.07) is 0.688. The summed E-state index contributed by atoms with van der Waals surface area (Å²) < 4.78 is 8.25. The van der Waals surface area contributed by atoms with Crippen LogP contribution in [-0.4, -0.2) is 27.0 Å². The number of ether oxygens (including phenoxy) is 1. The molecule has 0 radical (unpaired) electrons. The van der Waals surface area contributed by atoms with Gasteiger partial charge in [-0.15, -0.1) is 0 Å². The molecule has 1 saturated heterocycles. The molecule has 0 amide bonds. The summed E-state index contributed by atoms with van der Waals surface area (Å²) in [5, 5.41) is 8.34. The number of rotatable bonds is 3. The Morgan fingerprint density at radius 3 is 2.25 bits per heavy atom. The zero-order valence-corrected chi connectivity index (χ0v) is 14.2. The van der Waals surface area contributed by atoms with Crippen molar-refractivity contribution in [1.82, 2.24) is 9.78 Å². The van der Waals surface area contributed by atoms with Crippen LogP contribution in [0.3, 0.4) is 0 Å². The summed E-state index contributed by atoms with van der Waals surface area (Å²) in [5.74, 6) is 0. The molecule has 2 rings (SSSR count). The van der Waals surface area contributed by atoms with Crippen LogP contribution >= 0.6 is 0 Å². The molecule has 1 atom stereocenters. The molecular formula is C16H29N3O. The Kier molecular flexibility index (Phi) is 3.66. The topological polar surface area (TPSA) is 39.1 Å². The Morgan fingerprint density at radius 2 is 1.85 bits per heavy atom. The van der Waals surface area contributed by atoms with Crippen molar-refractivity contribution in [2.45, 2.75) is 85.1 Å². The van der Waals surface area contributed by atoms with Crippen molar-refractivity contribution in [3.63, 3.8) is 0 Å². The van der Waals surface area contributed by atoms with Crippen LogP contribution in [-0.2, 0) is 4.74 Å². The Morgan fingerprint density at radius 1 is 1.25 bits per heavy atom. The van der Waals surface area contributed by atoms with Gasteiger partial charge in [-0.1, -0.05) is 0 Å². The van der Waals surface area contributed by atoms with Crippen molar-refractivity contribution in [1.29, 1.82) is 0 Å². The van der Waals surface area contributed by atoms with Gasteiger partial charge in [0.2, 0.25) is 0 Å². The highest BCUT2D eigenvalue weighted by atomic mass is 16.5. The Bertz CT molecular complexity index is 500. The standard InChI is InChI=1S/C16H29N3O/c1-10(2)19-12(4)14(11(3)18-19)17-13-9-15(5,6)20-16(13,7)8/h10,13,17H,9H2,1-8H3. The highest BCUT2D eigenvalue weighted by Crippen LogP contribution is 2.39. The van der Waals surface area contributed by atoms with Crippen LogP contribution in [0.1, 0.15) is 65.4 Å². The highest BCUT2D eigenvalue weighted by molar-refractivity contribution is 5.53. The average molecular weight is 279 g/mol. The molecule has 0 aliphatic carbocycles. The molecule has 1 aliphatic rings. The fourth-order valence-corrected chi connectivity index (χ4v) is 3.34. The number of aromatic nitrogens is 2. The molecule has 114 valence electrons. The minimum absolute atomic E-state index is 0.0724. The Hall–Kier alpha value is -1.03. The third kappa shape index (κ3) is 2.71. The summed E-state index contributed by atoms with van der Waals surface area (Å²) >= 11 is 0. The van der Waals surface area contributed by atoms with Gasteiger partial charge in [0.25, 0.3) is 0 Å². The molecule has 1 unspecified atom stereocenters. The highest BCUT2D eigenvalue weighted by Gasteiger charge is 2.46. The van der Waals surface area contributed by atoms with Crippen LogP contribution in [0.5, 0.6) is 0 Å². The predicted octanol–water partition coefficient (Wildman–Crippen LogP) is 3.84. The summed E-state index contributed by atoms with van der Waals surface area (Å²) in [4.78, 5) is 0. The van der Waals surface area contributed by atoms with Crippen molar-refractivity contribution in [3.05, 3.63) is 11.4 Å². The van der Waals surface area contributed by atoms with Crippen LogP contribution in [0.4, 0.5) is 5.69 Å². The maximum atomic E-state index is 6.17. The Labute approximate surface area is 122 Å². The summed E-state index contributed by atoms with van der Waals surface area (Å²) in [5.41, 5.74) is 3.20. The minimum Gasteiger partial charge on any atom is -0.376 e. The normalized spacial score (nSPS) is 24.4. The third-order valence-electron chi connectivity index (χ3n) is 4.21. The Balaban J connectivity index is 2.27. The van der Waals surface area contributed by atoms with E-state index in [1.54, 1.807) is 0 Å². The lowest BCUT2D eigenvalue weighted by atomic mass is 9.94. The van der Waals surface area contributed by atoms with E-state index in [1.807, 2.05) is 0 Å². The first-order chi connectivity index (χ1) is 9.03. The van der Waals surface area contributed by atoms with Crippen molar-refractivity contribution in [2.75, 3.05) is 5.32 Å². The zero-order chi connectivity index (χ0) is 15.3. The number of hydrogen-bond acceptors (Lipinski definition) is 3. The zero-order valence-electron chi connectivity index (χ0n) is 14.2. The fraction of sp³-hybridized carbons (Fsp3) is 0.812. The molecule has 0 saturated carbocycles. The first-order valence-corrected chi connectivity index (χ1v) is 7.56. The second-order valence-electron chi connectivity index (χ2n) is 7.45. The lowest BCUT2D eigenvalue weighted by Crippen LogP contribution is -2.38. The van der Waals surface area contributed by atoms with Crippen LogP contribution in [0.25, 0.3) is 0 Å². The molecule has 1 aromatic rings. The number of nitrogens with zero attached hydrogens (tertiary/aromatic N) is 2. The van der Waals surface area contributed by atoms with Gasteiger partial charge in [-0.3, -0.25) is 4.68 Å².